The van der Waals surface area contributed by atoms with Crippen LogP contribution in [-0.4, -0.2) is 6.54 Å². The smallest absolute Gasteiger partial charge is 0.0453 e. The van der Waals surface area contributed by atoms with E-state index in [1.165, 1.54) is 24.8 Å². The Kier molecular flexibility index (Phi) is 3.56. The normalized spacial score (nSPS) is 20.2. The zero-order valence-corrected chi connectivity index (χ0v) is 10.8. The van der Waals surface area contributed by atoms with Gasteiger partial charge in [0.25, 0.3) is 0 Å². The summed E-state index contributed by atoms with van der Waals surface area (Å²) in [6, 6.07) is 8.42. The van der Waals surface area contributed by atoms with Crippen molar-refractivity contribution in [2.24, 2.45) is 5.41 Å². The molecule has 0 bridgehead atoms. The topological polar surface area (TPSA) is 12.0 Å². The van der Waals surface area contributed by atoms with Crippen molar-refractivity contribution >= 4 is 11.6 Å². The van der Waals surface area contributed by atoms with Crippen LogP contribution in [0, 0.1) is 5.41 Å². The second-order valence-corrected chi connectivity index (χ2v) is 5.70. The average molecular weight is 238 g/mol. The summed E-state index contributed by atoms with van der Waals surface area (Å²) in [4.78, 5) is 0. The van der Waals surface area contributed by atoms with Crippen LogP contribution in [0.2, 0.25) is 5.02 Å². The minimum atomic E-state index is 0.339. The standard InChI is InChI=1S/C14H20ClN/c1-11(12-6-3-4-7-13(12)15)16-10-14(2)8-5-9-14/h3-4,6-7,11,16H,5,8-10H2,1-2H3. The first kappa shape index (κ1) is 11.9. The largest absolute Gasteiger partial charge is 0.310 e. The Morgan fingerprint density at radius 2 is 2.06 bits per heavy atom. The van der Waals surface area contributed by atoms with Gasteiger partial charge >= 0.3 is 0 Å². The van der Waals surface area contributed by atoms with Crippen LogP contribution in [0.4, 0.5) is 0 Å². The Morgan fingerprint density at radius 1 is 1.38 bits per heavy atom. The van der Waals surface area contributed by atoms with Gasteiger partial charge in [-0.05, 0) is 36.8 Å². The van der Waals surface area contributed by atoms with Crippen LogP contribution in [0.15, 0.2) is 24.3 Å². The molecule has 0 heterocycles. The maximum atomic E-state index is 6.18. The predicted octanol–water partition coefficient (Wildman–Crippen LogP) is 4.18. The van der Waals surface area contributed by atoms with E-state index in [-0.39, 0.29) is 0 Å². The highest BCUT2D eigenvalue weighted by atomic mass is 35.5. The molecule has 1 fully saturated rings. The molecule has 0 saturated heterocycles. The van der Waals surface area contributed by atoms with Crippen LogP contribution in [0.1, 0.15) is 44.7 Å². The number of hydrogen-bond donors (Lipinski definition) is 1. The van der Waals surface area contributed by atoms with Gasteiger partial charge in [-0.3, -0.25) is 0 Å². The van der Waals surface area contributed by atoms with Gasteiger partial charge < -0.3 is 5.32 Å². The second-order valence-electron chi connectivity index (χ2n) is 5.29. The summed E-state index contributed by atoms with van der Waals surface area (Å²) in [7, 11) is 0. The highest BCUT2D eigenvalue weighted by molar-refractivity contribution is 6.31. The van der Waals surface area contributed by atoms with E-state index in [1.807, 2.05) is 18.2 Å². The molecule has 1 aliphatic carbocycles. The fourth-order valence-corrected chi connectivity index (χ4v) is 2.59. The van der Waals surface area contributed by atoms with Crippen LogP contribution in [0.25, 0.3) is 0 Å². The summed E-state index contributed by atoms with van der Waals surface area (Å²) in [6.07, 6.45) is 4.10. The number of nitrogens with one attached hydrogen (secondary N) is 1. The minimum Gasteiger partial charge on any atom is -0.310 e. The van der Waals surface area contributed by atoms with E-state index in [2.05, 4.69) is 25.2 Å². The quantitative estimate of drug-likeness (QED) is 0.829. The van der Waals surface area contributed by atoms with Gasteiger partial charge in [-0.1, -0.05) is 43.1 Å². The fraction of sp³-hybridized carbons (Fsp3) is 0.571. The van der Waals surface area contributed by atoms with E-state index in [1.54, 1.807) is 0 Å². The highest BCUT2D eigenvalue weighted by Crippen LogP contribution is 2.40. The summed E-state index contributed by atoms with van der Waals surface area (Å²) < 4.78 is 0. The van der Waals surface area contributed by atoms with Gasteiger partial charge in [0.15, 0.2) is 0 Å². The molecule has 16 heavy (non-hydrogen) atoms. The van der Waals surface area contributed by atoms with E-state index >= 15 is 0 Å². The first-order valence-corrected chi connectivity index (χ1v) is 6.46. The lowest BCUT2D eigenvalue weighted by molar-refractivity contribution is 0.152. The molecular weight excluding hydrogens is 218 g/mol. The van der Waals surface area contributed by atoms with Crippen molar-refractivity contribution in [3.63, 3.8) is 0 Å². The lowest BCUT2D eigenvalue weighted by Crippen LogP contribution is -2.38. The van der Waals surface area contributed by atoms with Crippen molar-refractivity contribution in [1.82, 2.24) is 5.32 Å². The van der Waals surface area contributed by atoms with E-state index in [0.29, 0.717) is 11.5 Å². The molecule has 1 unspecified atom stereocenters. The summed E-state index contributed by atoms with van der Waals surface area (Å²) in [5.74, 6) is 0. The second kappa shape index (κ2) is 4.77. The van der Waals surface area contributed by atoms with Gasteiger partial charge in [0, 0.05) is 17.6 Å². The maximum absolute atomic E-state index is 6.18. The van der Waals surface area contributed by atoms with Crippen molar-refractivity contribution in [2.45, 2.75) is 39.2 Å². The van der Waals surface area contributed by atoms with Crippen molar-refractivity contribution in [3.05, 3.63) is 34.9 Å². The molecule has 1 aromatic carbocycles. The molecule has 0 spiro atoms. The lowest BCUT2D eigenvalue weighted by atomic mass is 9.70. The van der Waals surface area contributed by atoms with Crippen molar-refractivity contribution in [2.75, 3.05) is 6.54 Å². The predicted molar refractivity (Wildman–Crippen MR) is 69.8 cm³/mol. The number of halogens is 1. The monoisotopic (exact) mass is 237 g/mol. The first-order chi connectivity index (χ1) is 7.61. The number of rotatable bonds is 4. The van der Waals surface area contributed by atoms with Crippen LogP contribution in [0.3, 0.4) is 0 Å². The molecule has 1 nitrogen and oxygen atoms in total. The molecule has 0 amide bonds. The van der Waals surface area contributed by atoms with E-state index < -0.39 is 0 Å². The van der Waals surface area contributed by atoms with Gasteiger partial charge in [0.1, 0.15) is 0 Å². The molecule has 2 heteroatoms. The summed E-state index contributed by atoms with van der Waals surface area (Å²) in [5.41, 5.74) is 1.72. The highest BCUT2D eigenvalue weighted by Gasteiger charge is 2.31. The maximum Gasteiger partial charge on any atom is 0.0453 e. The van der Waals surface area contributed by atoms with E-state index in [9.17, 15) is 0 Å². The molecule has 1 atom stereocenters. The summed E-state index contributed by atoms with van der Waals surface area (Å²) in [6.45, 7) is 5.64. The zero-order valence-electron chi connectivity index (χ0n) is 10.1. The molecule has 1 aliphatic rings. The first-order valence-electron chi connectivity index (χ1n) is 6.09. The molecule has 0 aliphatic heterocycles. The van der Waals surface area contributed by atoms with Crippen LogP contribution in [0.5, 0.6) is 0 Å². The van der Waals surface area contributed by atoms with Gasteiger partial charge in [-0.15, -0.1) is 0 Å². The fourth-order valence-electron chi connectivity index (χ4n) is 2.29. The number of benzene rings is 1. The third-order valence-electron chi connectivity index (χ3n) is 3.77. The zero-order chi connectivity index (χ0) is 11.6. The Morgan fingerprint density at radius 3 is 2.62 bits per heavy atom. The lowest BCUT2D eigenvalue weighted by Gasteiger charge is -2.39. The van der Waals surface area contributed by atoms with Crippen LogP contribution in [-0.2, 0) is 0 Å². The third-order valence-corrected chi connectivity index (χ3v) is 4.11. The van der Waals surface area contributed by atoms with Gasteiger partial charge in [-0.25, -0.2) is 0 Å². The summed E-state index contributed by atoms with van der Waals surface area (Å²) in [5, 5.41) is 4.46. The molecule has 0 aromatic heterocycles. The molecule has 0 radical (unpaired) electrons. The Balaban J connectivity index is 1.93. The van der Waals surface area contributed by atoms with Gasteiger partial charge in [-0.2, -0.15) is 0 Å². The van der Waals surface area contributed by atoms with Gasteiger partial charge in [0.2, 0.25) is 0 Å². The number of hydrogen-bond acceptors (Lipinski definition) is 1. The molecule has 1 N–H and O–H groups in total. The molecule has 1 saturated carbocycles. The van der Waals surface area contributed by atoms with Crippen LogP contribution < -0.4 is 5.32 Å². The van der Waals surface area contributed by atoms with Crippen LogP contribution >= 0.6 is 11.6 Å². The minimum absolute atomic E-state index is 0.339. The van der Waals surface area contributed by atoms with Crippen molar-refractivity contribution in [3.8, 4) is 0 Å². The molecule has 88 valence electrons. The van der Waals surface area contributed by atoms with Gasteiger partial charge in [0.05, 0.1) is 0 Å². The Labute approximate surface area is 103 Å². The molecule has 2 rings (SSSR count). The Hall–Kier alpha value is -0.530. The summed E-state index contributed by atoms with van der Waals surface area (Å²) >= 11 is 6.18. The molecular formula is C14H20ClN. The SMILES string of the molecule is CC(NCC1(C)CCC1)c1ccccc1Cl. The van der Waals surface area contributed by atoms with E-state index in [4.69, 9.17) is 11.6 Å². The van der Waals surface area contributed by atoms with Crippen molar-refractivity contribution in [1.29, 1.82) is 0 Å². The van der Waals surface area contributed by atoms with Crippen molar-refractivity contribution < 1.29 is 0 Å². The third kappa shape index (κ3) is 2.58. The Bertz CT molecular complexity index is 358. The molecule has 1 aromatic rings. The average Bonchev–Trinajstić information content (AvgIpc) is 2.24. The van der Waals surface area contributed by atoms with E-state index in [0.717, 1.165) is 11.6 Å².